The summed E-state index contributed by atoms with van der Waals surface area (Å²) < 4.78 is 28.7. The number of sulfonamides is 1. The average molecular weight is 429 g/mol. The molecule has 2 aromatic rings. The third-order valence-electron chi connectivity index (χ3n) is 6.88. The van der Waals surface area contributed by atoms with E-state index in [2.05, 4.69) is 9.29 Å². The van der Waals surface area contributed by atoms with Crippen LogP contribution in [-0.2, 0) is 16.6 Å². The van der Waals surface area contributed by atoms with Gasteiger partial charge in [-0.2, -0.15) is 0 Å². The molecular formula is C23H28N2O4S. The Hall–Kier alpha value is -2.15. The smallest absolute Gasteiger partial charge is 0.264 e. The van der Waals surface area contributed by atoms with Crippen LogP contribution in [0.15, 0.2) is 18.2 Å². The lowest BCUT2D eigenvalue weighted by Crippen LogP contribution is -2.33. The van der Waals surface area contributed by atoms with Gasteiger partial charge in [0.2, 0.25) is 10.0 Å². The minimum Gasteiger partial charge on any atom is -0.338 e. The summed E-state index contributed by atoms with van der Waals surface area (Å²) in [6.07, 6.45) is 9.42. The lowest BCUT2D eigenvalue weighted by Gasteiger charge is -2.22. The van der Waals surface area contributed by atoms with Crippen LogP contribution in [-0.4, -0.2) is 29.9 Å². The standard InChI is InChI=1S/C23H28N2O4S/c26-20-8-4-5-13-25-19-14-16(23(27)24-30(28,29)17-10-11-17)9-12-18(19)21(22(20)25)15-6-2-1-3-7-15/h9,12,14-15,17H,1-8,10-11,13H2,(H,24,27). The highest BCUT2D eigenvalue weighted by atomic mass is 32.2. The molecule has 0 unspecified atom stereocenters. The Kier molecular flexibility index (Phi) is 4.96. The van der Waals surface area contributed by atoms with Crippen LogP contribution >= 0.6 is 0 Å². The van der Waals surface area contributed by atoms with Gasteiger partial charge in [-0.05, 0) is 62.1 Å². The number of carbonyl (C=O) groups is 2. The van der Waals surface area contributed by atoms with Crippen LogP contribution in [0.25, 0.3) is 10.9 Å². The van der Waals surface area contributed by atoms with Crippen molar-refractivity contribution >= 4 is 32.6 Å². The molecule has 0 radical (unpaired) electrons. The summed E-state index contributed by atoms with van der Waals surface area (Å²) in [7, 11) is -3.59. The number of carbonyl (C=O) groups excluding carboxylic acids is 2. The number of fused-ring (bicyclic) bond motifs is 3. The molecule has 2 saturated carbocycles. The number of nitrogens with zero attached hydrogens (tertiary/aromatic N) is 1. The number of ketones is 1. The zero-order chi connectivity index (χ0) is 20.9. The zero-order valence-corrected chi connectivity index (χ0v) is 18.0. The second-order valence-electron chi connectivity index (χ2n) is 9.04. The molecule has 2 fully saturated rings. The van der Waals surface area contributed by atoms with Crippen molar-refractivity contribution < 1.29 is 18.0 Å². The van der Waals surface area contributed by atoms with Crippen molar-refractivity contribution in [2.24, 2.45) is 0 Å². The molecule has 2 heterocycles. The number of benzene rings is 1. The first-order valence-corrected chi connectivity index (χ1v) is 12.8. The summed E-state index contributed by atoms with van der Waals surface area (Å²) in [5.74, 6) is -0.000396. The molecule has 1 aromatic carbocycles. The van der Waals surface area contributed by atoms with Crippen LogP contribution < -0.4 is 4.72 Å². The van der Waals surface area contributed by atoms with Gasteiger partial charge in [0.1, 0.15) is 0 Å². The molecule has 0 saturated heterocycles. The van der Waals surface area contributed by atoms with Crippen LogP contribution in [0.1, 0.15) is 96.5 Å². The van der Waals surface area contributed by atoms with Gasteiger partial charge in [0.05, 0.1) is 10.9 Å². The fourth-order valence-corrected chi connectivity index (χ4v) is 6.48. The third kappa shape index (κ3) is 3.47. The van der Waals surface area contributed by atoms with E-state index in [1.807, 2.05) is 6.07 Å². The van der Waals surface area contributed by atoms with Gasteiger partial charge in [-0.25, -0.2) is 13.1 Å². The predicted molar refractivity (Wildman–Crippen MR) is 115 cm³/mol. The molecule has 2 aliphatic carbocycles. The van der Waals surface area contributed by atoms with Crippen LogP contribution in [0.4, 0.5) is 0 Å². The minimum atomic E-state index is -3.59. The number of Topliss-reactive ketones (excluding diaryl/α,β-unsaturated/α-hetero) is 1. The lowest BCUT2D eigenvalue weighted by atomic mass is 9.82. The van der Waals surface area contributed by atoms with E-state index < -0.39 is 21.2 Å². The van der Waals surface area contributed by atoms with Crippen molar-refractivity contribution in [2.75, 3.05) is 0 Å². The highest BCUT2D eigenvalue weighted by Gasteiger charge is 2.37. The van der Waals surface area contributed by atoms with Crippen LogP contribution in [0.3, 0.4) is 0 Å². The van der Waals surface area contributed by atoms with Crippen LogP contribution in [0.5, 0.6) is 0 Å². The van der Waals surface area contributed by atoms with Gasteiger partial charge in [-0.15, -0.1) is 0 Å². The number of nitrogens with one attached hydrogen (secondary N) is 1. The Balaban J connectivity index is 1.60. The van der Waals surface area contributed by atoms with E-state index in [1.165, 1.54) is 19.3 Å². The Morgan fingerprint density at radius 1 is 1.00 bits per heavy atom. The minimum absolute atomic E-state index is 0.201. The van der Waals surface area contributed by atoms with E-state index in [-0.39, 0.29) is 5.78 Å². The molecule has 6 nitrogen and oxygen atoms in total. The Morgan fingerprint density at radius 3 is 2.50 bits per heavy atom. The molecule has 1 aliphatic heterocycles. The number of rotatable bonds is 4. The molecule has 0 atom stereocenters. The molecule has 1 N–H and O–H groups in total. The molecule has 7 heteroatoms. The number of hydrogen-bond donors (Lipinski definition) is 1. The van der Waals surface area contributed by atoms with E-state index in [0.717, 1.165) is 54.4 Å². The first-order chi connectivity index (χ1) is 14.5. The van der Waals surface area contributed by atoms with Crippen molar-refractivity contribution in [1.82, 2.24) is 9.29 Å². The largest absolute Gasteiger partial charge is 0.338 e. The highest BCUT2D eigenvalue weighted by molar-refractivity contribution is 7.91. The molecular weight excluding hydrogens is 400 g/mol. The summed E-state index contributed by atoms with van der Waals surface area (Å²) in [6.45, 7) is 0.760. The summed E-state index contributed by atoms with van der Waals surface area (Å²) >= 11 is 0. The number of aryl methyl sites for hydroxylation is 1. The predicted octanol–water partition coefficient (Wildman–Crippen LogP) is 4.28. The second-order valence-corrected chi connectivity index (χ2v) is 11.0. The quantitative estimate of drug-likeness (QED) is 0.788. The monoisotopic (exact) mass is 428 g/mol. The SMILES string of the molecule is O=C(NS(=O)(=O)C1CC1)c1ccc2c(C3CCCCC3)c3n(c2c1)CCCCC3=O. The summed E-state index contributed by atoms with van der Waals surface area (Å²) in [5.41, 5.74) is 3.21. The molecule has 1 aromatic heterocycles. The van der Waals surface area contributed by atoms with Gasteiger partial charge in [-0.1, -0.05) is 25.3 Å². The van der Waals surface area contributed by atoms with E-state index >= 15 is 0 Å². The maximum atomic E-state index is 13.0. The molecule has 1 amide bonds. The van der Waals surface area contributed by atoms with E-state index in [1.54, 1.807) is 12.1 Å². The number of hydrogen-bond acceptors (Lipinski definition) is 4. The van der Waals surface area contributed by atoms with E-state index in [9.17, 15) is 18.0 Å². The molecule has 3 aliphatic rings. The van der Waals surface area contributed by atoms with Crippen molar-refractivity contribution in [3.8, 4) is 0 Å². The molecule has 30 heavy (non-hydrogen) atoms. The topological polar surface area (TPSA) is 85.2 Å². The van der Waals surface area contributed by atoms with E-state index in [4.69, 9.17) is 0 Å². The summed E-state index contributed by atoms with van der Waals surface area (Å²) in [6, 6.07) is 5.41. The van der Waals surface area contributed by atoms with Gasteiger partial charge in [0.25, 0.3) is 5.91 Å². The molecule has 160 valence electrons. The summed E-state index contributed by atoms with van der Waals surface area (Å²) in [4.78, 5) is 25.7. The average Bonchev–Trinajstić information content (AvgIpc) is 3.56. The van der Waals surface area contributed by atoms with Crippen molar-refractivity contribution in [3.63, 3.8) is 0 Å². The molecule has 0 spiro atoms. The van der Waals surface area contributed by atoms with Crippen LogP contribution in [0.2, 0.25) is 0 Å². The second kappa shape index (κ2) is 7.52. The zero-order valence-electron chi connectivity index (χ0n) is 17.2. The van der Waals surface area contributed by atoms with Gasteiger partial charge in [0.15, 0.2) is 5.78 Å². The fourth-order valence-electron chi connectivity index (χ4n) is 5.18. The van der Waals surface area contributed by atoms with Crippen molar-refractivity contribution in [1.29, 1.82) is 0 Å². The number of amides is 1. The van der Waals surface area contributed by atoms with Gasteiger partial charge in [-0.3, -0.25) is 9.59 Å². The van der Waals surface area contributed by atoms with Crippen LogP contribution in [0, 0.1) is 0 Å². The van der Waals surface area contributed by atoms with Gasteiger partial charge in [0, 0.05) is 29.4 Å². The summed E-state index contributed by atoms with van der Waals surface area (Å²) in [5, 5.41) is 0.610. The van der Waals surface area contributed by atoms with Crippen molar-refractivity contribution in [2.45, 2.75) is 81.9 Å². The fraction of sp³-hybridized carbons (Fsp3) is 0.565. The Morgan fingerprint density at radius 2 is 1.77 bits per heavy atom. The lowest BCUT2D eigenvalue weighted by molar-refractivity contribution is 0.0970. The first-order valence-electron chi connectivity index (χ1n) is 11.2. The normalized spacial score (nSPS) is 20.7. The molecule has 0 bridgehead atoms. The maximum absolute atomic E-state index is 13.0. The third-order valence-corrected chi connectivity index (χ3v) is 8.70. The van der Waals surface area contributed by atoms with E-state index in [0.29, 0.717) is 30.7 Å². The highest BCUT2D eigenvalue weighted by Crippen LogP contribution is 2.41. The van der Waals surface area contributed by atoms with Crippen molar-refractivity contribution in [3.05, 3.63) is 35.0 Å². The molecule has 5 rings (SSSR count). The first kappa shape index (κ1) is 19.8. The maximum Gasteiger partial charge on any atom is 0.264 e. The Labute approximate surface area is 177 Å². The Bertz CT molecular complexity index is 1120. The number of aromatic nitrogens is 1. The van der Waals surface area contributed by atoms with Gasteiger partial charge >= 0.3 is 0 Å². The van der Waals surface area contributed by atoms with Gasteiger partial charge < -0.3 is 4.57 Å².